The van der Waals surface area contributed by atoms with Crippen LogP contribution in [0.4, 0.5) is 5.69 Å². The second kappa shape index (κ2) is 5.32. The predicted octanol–water partition coefficient (Wildman–Crippen LogP) is 1.55. The zero-order valence-corrected chi connectivity index (χ0v) is 9.86. The van der Waals surface area contributed by atoms with Gasteiger partial charge in [-0.2, -0.15) is 0 Å². The Labute approximate surface area is 97.2 Å². The van der Waals surface area contributed by atoms with Crippen molar-refractivity contribution in [3.63, 3.8) is 0 Å². The first kappa shape index (κ1) is 11.4. The van der Waals surface area contributed by atoms with Gasteiger partial charge in [-0.1, -0.05) is 12.1 Å². The first-order valence-electron chi connectivity index (χ1n) is 5.93. The predicted molar refractivity (Wildman–Crippen MR) is 66.8 cm³/mol. The van der Waals surface area contributed by atoms with Crippen molar-refractivity contribution < 1.29 is 4.74 Å². The highest BCUT2D eigenvalue weighted by Crippen LogP contribution is 2.19. The van der Waals surface area contributed by atoms with Gasteiger partial charge in [0.25, 0.3) is 0 Å². The molecular weight excluding hydrogens is 200 g/mol. The summed E-state index contributed by atoms with van der Waals surface area (Å²) in [5.74, 6) is 0. The smallest absolute Gasteiger partial charge is 0.0762 e. The normalized spacial score (nSPS) is 21.1. The Morgan fingerprint density at radius 3 is 3.12 bits per heavy atom. The van der Waals surface area contributed by atoms with Crippen LogP contribution in [0.2, 0.25) is 0 Å². The van der Waals surface area contributed by atoms with Crippen LogP contribution in [-0.2, 0) is 4.74 Å². The van der Waals surface area contributed by atoms with Gasteiger partial charge in [0.1, 0.15) is 0 Å². The molecule has 1 fully saturated rings. The van der Waals surface area contributed by atoms with Gasteiger partial charge >= 0.3 is 0 Å². The number of hydrogen-bond acceptors (Lipinski definition) is 3. The molecule has 0 radical (unpaired) electrons. The van der Waals surface area contributed by atoms with Gasteiger partial charge < -0.3 is 15.4 Å². The first-order chi connectivity index (χ1) is 7.79. The van der Waals surface area contributed by atoms with Crippen molar-refractivity contribution in [3.8, 4) is 0 Å². The van der Waals surface area contributed by atoms with Crippen LogP contribution in [0.1, 0.15) is 12.0 Å². The van der Waals surface area contributed by atoms with Crippen molar-refractivity contribution in [2.24, 2.45) is 5.73 Å². The topological polar surface area (TPSA) is 38.5 Å². The standard InChI is InChI=1S/C13H20N2O/c1-11-3-2-4-12(9-11)15-7-8-16-13(10-15)5-6-14/h2-4,9,13H,5-8,10,14H2,1H3. The molecule has 1 atom stereocenters. The van der Waals surface area contributed by atoms with Crippen LogP contribution < -0.4 is 10.6 Å². The highest BCUT2D eigenvalue weighted by Gasteiger charge is 2.19. The molecule has 3 nitrogen and oxygen atoms in total. The number of nitrogens with zero attached hydrogens (tertiary/aromatic N) is 1. The lowest BCUT2D eigenvalue weighted by molar-refractivity contribution is 0.0369. The molecule has 88 valence electrons. The average molecular weight is 220 g/mol. The Balaban J connectivity index is 2.03. The van der Waals surface area contributed by atoms with E-state index in [1.165, 1.54) is 11.3 Å². The Morgan fingerprint density at radius 2 is 2.38 bits per heavy atom. The summed E-state index contributed by atoms with van der Waals surface area (Å²) in [6, 6.07) is 8.63. The molecule has 0 aromatic heterocycles. The van der Waals surface area contributed by atoms with Crippen molar-refractivity contribution in [1.29, 1.82) is 0 Å². The Morgan fingerprint density at radius 1 is 1.50 bits per heavy atom. The second-order valence-corrected chi connectivity index (χ2v) is 4.36. The second-order valence-electron chi connectivity index (χ2n) is 4.36. The van der Waals surface area contributed by atoms with E-state index in [1.807, 2.05) is 0 Å². The maximum atomic E-state index is 5.68. The van der Waals surface area contributed by atoms with Gasteiger partial charge in [0.05, 0.1) is 12.7 Å². The van der Waals surface area contributed by atoms with Gasteiger partial charge in [0.15, 0.2) is 0 Å². The summed E-state index contributed by atoms with van der Waals surface area (Å²) in [5, 5.41) is 0. The molecule has 2 rings (SSSR count). The summed E-state index contributed by atoms with van der Waals surface area (Å²) in [7, 11) is 0. The summed E-state index contributed by atoms with van der Waals surface area (Å²) < 4.78 is 5.68. The average Bonchev–Trinajstić information content (AvgIpc) is 2.30. The fourth-order valence-corrected chi connectivity index (χ4v) is 2.14. The maximum absolute atomic E-state index is 5.68. The highest BCUT2D eigenvalue weighted by atomic mass is 16.5. The number of rotatable bonds is 3. The van der Waals surface area contributed by atoms with E-state index in [-0.39, 0.29) is 0 Å². The summed E-state index contributed by atoms with van der Waals surface area (Å²) in [5.41, 5.74) is 8.17. The third-order valence-electron chi connectivity index (χ3n) is 2.99. The van der Waals surface area contributed by atoms with Gasteiger partial charge in [0.2, 0.25) is 0 Å². The highest BCUT2D eigenvalue weighted by molar-refractivity contribution is 5.48. The van der Waals surface area contributed by atoms with E-state index in [2.05, 4.69) is 36.1 Å². The number of anilines is 1. The SMILES string of the molecule is Cc1cccc(N2CCOC(CCN)C2)c1. The molecule has 16 heavy (non-hydrogen) atoms. The summed E-state index contributed by atoms with van der Waals surface area (Å²) in [4.78, 5) is 2.39. The zero-order chi connectivity index (χ0) is 11.4. The molecule has 1 unspecified atom stereocenters. The zero-order valence-electron chi connectivity index (χ0n) is 9.86. The van der Waals surface area contributed by atoms with Crippen molar-refractivity contribution in [2.75, 3.05) is 31.1 Å². The maximum Gasteiger partial charge on any atom is 0.0762 e. The monoisotopic (exact) mass is 220 g/mol. The number of nitrogens with two attached hydrogens (primary N) is 1. The van der Waals surface area contributed by atoms with Crippen LogP contribution in [0.15, 0.2) is 24.3 Å². The number of morpholine rings is 1. The Bertz CT molecular complexity index is 338. The molecule has 1 aromatic carbocycles. The van der Waals surface area contributed by atoms with Gasteiger partial charge in [-0.3, -0.25) is 0 Å². The van der Waals surface area contributed by atoms with Crippen LogP contribution in [-0.4, -0.2) is 32.3 Å². The number of aryl methyl sites for hydroxylation is 1. The van der Waals surface area contributed by atoms with Crippen molar-refractivity contribution >= 4 is 5.69 Å². The van der Waals surface area contributed by atoms with Crippen molar-refractivity contribution in [3.05, 3.63) is 29.8 Å². The van der Waals surface area contributed by atoms with E-state index < -0.39 is 0 Å². The quantitative estimate of drug-likeness (QED) is 0.840. The van der Waals surface area contributed by atoms with Crippen LogP contribution in [0.5, 0.6) is 0 Å². The Hall–Kier alpha value is -1.06. The third kappa shape index (κ3) is 2.74. The van der Waals surface area contributed by atoms with Crippen LogP contribution in [0.3, 0.4) is 0 Å². The molecule has 0 bridgehead atoms. The minimum atomic E-state index is 0.291. The number of benzene rings is 1. The van der Waals surface area contributed by atoms with Gasteiger partial charge in [-0.25, -0.2) is 0 Å². The van der Waals surface area contributed by atoms with Crippen molar-refractivity contribution in [1.82, 2.24) is 0 Å². The van der Waals surface area contributed by atoms with Crippen LogP contribution in [0.25, 0.3) is 0 Å². The molecule has 2 N–H and O–H groups in total. The molecule has 0 amide bonds. The van der Waals surface area contributed by atoms with E-state index in [9.17, 15) is 0 Å². The van der Waals surface area contributed by atoms with E-state index in [0.717, 1.165) is 26.1 Å². The molecular formula is C13H20N2O. The molecule has 0 saturated carbocycles. The van der Waals surface area contributed by atoms with E-state index >= 15 is 0 Å². The first-order valence-corrected chi connectivity index (χ1v) is 5.93. The molecule has 1 aliphatic heterocycles. The van der Waals surface area contributed by atoms with Crippen LogP contribution in [0, 0.1) is 6.92 Å². The molecule has 0 aliphatic carbocycles. The van der Waals surface area contributed by atoms with Crippen LogP contribution >= 0.6 is 0 Å². The number of ether oxygens (including phenoxy) is 1. The molecule has 1 saturated heterocycles. The lowest BCUT2D eigenvalue weighted by atomic mass is 10.1. The minimum absolute atomic E-state index is 0.291. The minimum Gasteiger partial charge on any atom is -0.374 e. The lowest BCUT2D eigenvalue weighted by Gasteiger charge is -2.34. The number of hydrogen-bond donors (Lipinski definition) is 1. The fourth-order valence-electron chi connectivity index (χ4n) is 2.14. The van der Waals surface area contributed by atoms with Gasteiger partial charge in [0, 0.05) is 18.8 Å². The van der Waals surface area contributed by atoms with E-state index in [1.54, 1.807) is 0 Å². The molecule has 0 spiro atoms. The van der Waals surface area contributed by atoms with E-state index in [0.29, 0.717) is 12.6 Å². The molecule has 1 aliphatic rings. The van der Waals surface area contributed by atoms with Gasteiger partial charge in [-0.15, -0.1) is 0 Å². The Kier molecular flexibility index (Phi) is 3.80. The molecule has 3 heteroatoms. The largest absolute Gasteiger partial charge is 0.374 e. The van der Waals surface area contributed by atoms with Gasteiger partial charge in [-0.05, 0) is 37.6 Å². The molecule has 1 heterocycles. The van der Waals surface area contributed by atoms with E-state index in [4.69, 9.17) is 10.5 Å². The summed E-state index contributed by atoms with van der Waals surface area (Å²) in [6.45, 7) is 5.57. The molecule has 1 aromatic rings. The summed E-state index contributed by atoms with van der Waals surface area (Å²) in [6.07, 6.45) is 1.24. The lowest BCUT2D eigenvalue weighted by Crippen LogP contribution is -2.43. The van der Waals surface area contributed by atoms with Crippen molar-refractivity contribution in [2.45, 2.75) is 19.4 Å². The fraction of sp³-hybridized carbons (Fsp3) is 0.538. The summed E-state index contributed by atoms with van der Waals surface area (Å²) >= 11 is 0. The third-order valence-corrected chi connectivity index (χ3v) is 2.99.